The van der Waals surface area contributed by atoms with Gasteiger partial charge >= 0.3 is 0 Å². The standard InChI is InChI=1S/C17H15N3O3S/c1-22-13-8-6-12(7-9-13)10-18-20-16(21)11-24-17-19-14-4-2-3-5-15(14)23-17/h2-10H,11H2,1H3,(H,20,21). The van der Waals surface area contributed by atoms with Gasteiger partial charge in [0.2, 0.25) is 0 Å². The molecule has 6 nitrogen and oxygen atoms in total. The van der Waals surface area contributed by atoms with Crippen LogP contribution >= 0.6 is 11.8 Å². The lowest BCUT2D eigenvalue weighted by Gasteiger charge is -1.99. The van der Waals surface area contributed by atoms with E-state index in [2.05, 4.69) is 15.5 Å². The first-order chi connectivity index (χ1) is 11.7. The number of ether oxygens (including phenoxy) is 1. The molecule has 0 saturated heterocycles. The third-order valence-electron chi connectivity index (χ3n) is 3.12. The third kappa shape index (κ3) is 4.14. The maximum Gasteiger partial charge on any atom is 0.257 e. The number of aromatic nitrogens is 1. The number of carbonyl (C=O) groups is 1. The number of oxazole rings is 1. The summed E-state index contributed by atoms with van der Waals surface area (Å²) in [6.07, 6.45) is 1.57. The summed E-state index contributed by atoms with van der Waals surface area (Å²) in [7, 11) is 1.61. The molecular weight excluding hydrogens is 326 g/mol. The summed E-state index contributed by atoms with van der Waals surface area (Å²) in [6, 6.07) is 14.8. The smallest absolute Gasteiger partial charge is 0.257 e. The lowest BCUT2D eigenvalue weighted by Crippen LogP contribution is -2.19. The highest BCUT2D eigenvalue weighted by molar-refractivity contribution is 7.99. The van der Waals surface area contributed by atoms with Crippen LogP contribution in [-0.4, -0.2) is 30.0 Å². The Balaban J connectivity index is 1.49. The normalized spacial score (nSPS) is 11.0. The zero-order valence-electron chi connectivity index (χ0n) is 12.9. The van der Waals surface area contributed by atoms with Crippen molar-refractivity contribution in [3.8, 4) is 5.75 Å². The van der Waals surface area contributed by atoms with E-state index in [9.17, 15) is 4.79 Å². The summed E-state index contributed by atoms with van der Waals surface area (Å²) in [4.78, 5) is 16.1. The third-order valence-corrected chi connectivity index (χ3v) is 3.95. The predicted molar refractivity (Wildman–Crippen MR) is 93.5 cm³/mol. The predicted octanol–water partition coefficient (Wildman–Crippen LogP) is 3.08. The number of rotatable bonds is 6. The minimum Gasteiger partial charge on any atom is -0.497 e. The Morgan fingerprint density at radius 1 is 1.29 bits per heavy atom. The molecule has 0 bridgehead atoms. The Labute approximate surface area is 142 Å². The fraction of sp³-hybridized carbons (Fsp3) is 0.118. The number of para-hydroxylation sites is 2. The van der Waals surface area contributed by atoms with Crippen molar-refractivity contribution in [1.82, 2.24) is 10.4 Å². The van der Waals surface area contributed by atoms with Crippen LogP contribution in [0.1, 0.15) is 5.56 Å². The maximum absolute atomic E-state index is 11.8. The largest absolute Gasteiger partial charge is 0.497 e. The summed E-state index contributed by atoms with van der Waals surface area (Å²) in [5, 5.41) is 4.39. The van der Waals surface area contributed by atoms with E-state index in [1.165, 1.54) is 11.8 Å². The van der Waals surface area contributed by atoms with E-state index in [0.717, 1.165) is 16.8 Å². The number of thioether (sulfide) groups is 1. The van der Waals surface area contributed by atoms with E-state index in [1.54, 1.807) is 13.3 Å². The van der Waals surface area contributed by atoms with E-state index >= 15 is 0 Å². The molecule has 0 saturated carbocycles. The van der Waals surface area contributed by atoms with Gasteiger partial charge in [-0.25, -0.2) is 10.4 Å². The highest BCUT2D eigenvalue weighted by atomic mass is 32.2. The lowest BCUT2D eigenvalue weighted by atomic mass is 10.2. The molecule has 1 amide bonds. The number of hydrogen-bond donors (Lipinski definition) is 1. The van der Waals surface area contributed by atoms with Crippen LogP contribution in [0, 0.1) is 0 Å². The molecule has 7 heteroatoms. The van der Waals surface area contributed by atoms with Gasteiger partial charge in [0.1, 0.15) is 11.3 Å². The highest BCUT2D eigenvalue weighted by Crippen LogP contribution is 2.22. The monoisotopic (exact) mass is 341 g/mol. The average Bonchev–Trinajstić information content (AvgIpc) is 3.03. The Hall–Kier alpha value is -2.80. The second-order valence-corrected chi connectivity index (χ2v) is 5.73. The van der Waals surface area contributed by atoms with Gasteiger partial charge in [-0.3, -0.25) is 4.79 Å². The van der Waals surface area contributed by atoms with Crippen molar-refractivity contribution >= 4 is 35.0 Å². The van der Waals surface area contributed by atoms with Gasteiger partial charge < -0.3 is 9.15 Å². The number of benzene rings is 2. The summed E-state index contributed by atoms with van der Waals surface area (Å²) in [6.45, 7) is 0. The molecular formula is C17H15N3O3S. The first-order valence-corrected chi connectivity index (χ1v) is 8.17. The Bertz CT molecular complexity index is 826. The number of fused-ring (bicyclic) bond motifs is 1. The number of methoxy groups -OCH3 is 1. The van der Waals surface area contributed by atoms with Gasteiger partial charge in [0.15, 0.2) is 5.58 Å². The van der Waals surface area contributed by atoms with Gasteiger partial charge in [-0.15, -0.1) is 0 Å². The van der Waals surface area contributed by atoms with Crippen LogP contribution in [-0.2, 0) is 4.79 Å². The number of amides is 1. The number of hydrogen-bond acceptors (Lipinski definition) is 6. The first-order valence-electron chi connectivity index (χ1n) is 7.19. The van der Waals surface area contributed by atoms with Crippen LogP contribution in [0.5, 0.6) is 5.75 Å². The van der Waals surface area contributed by atoms with E-state index < -0.39 is 0 Å². The number of carbonyl (C=O) groups excluding carboxylic acids is 1. The molecule has 0 spiro atoms. The Kier molecular flexibility index (Phi) is 5.12. The van der Waals surface area contributed by atoms with E-state index in [1.807, 2.05) is 48.5 Å². The maximum atomic E-state index is 11.8. The summed E-state index contributed by atoms with van der Waals surface area (Å²) < 4.78 is 10.6. The minimum absolute atomic E-state index is 0.173. The quantitative estimate of drug-likeness (QED) is 0.423. The highest BCUT2D eigenvalue weighted by Gasteiger charge is 2.08. The van der Waals surface area contributed by atoms with Gasteiger partial charge in [-0.2, -0.15) is 5.10 Å². The molecule has 3 rings (SSSR count). The topological polar surface area (TPSA) is 76.7 Å². The molecule has 3 aromatic rings. The fourth-order valence-electron chi connectivity index (χ4n) is 1.94. The molecule has 122 valence electrons. The molecule has 1 aromatic heterocycles. The van der Waals surface area contributed by atoms with Gasteiger partial charge in [0, 0.05) is 0 Å². The summed E-state index contributed by atoms with van der Waals surface area (Å²) >= 11 is 1.23. The summed E-state index contributed by atoms with van der Waals surface area (Å²) in [5.41, 5.74) is 4.82. The molecule has 0 aliphatic carbocycles. The van der Waals surface area contributed by atoms with E-state index in [4.69, 9.17) is 9.15 Å². The second-order valence-electron chi connectivity index (χ2n) is 4.80. The molecule has 0 unspecified atom stereocenters. The van der Waals surface area contributed by atoms with Gasteiger partial charge in [0.05, 0.1) is 19.1 Å². The molecule has 0 atom stereocenters. The summed E-state index contributed by atoms with van der Waals surface area (Å²) in [5.74, 6) is 0.713. The molecule has 2 aromatic carbocycles. The minimum atomic E-state index is -0.230. The van der Waals surface area contributed by atoms with Crippen molar-refractivity contribution in [2.45, 2.75) is 5.22 Å². The molecule has 1 heterocycles. The van der Waals surface area contributed by atoms with E-state index in [0.29, 0.717) is 10.8 Å². The van der Waals surface area contributed by atoms with Crippen LogP contribution in [0.4, 0.5) is 0 Å². The van der Waals surface area contributed by atoms with Crippen molar-refractivity contribution in [2.75, 3.05) is 12.9 Å². The zero-order valence-corrected chi connectivity index (χ0v) is 13.7. The molecule has 0 radical (unpaired) electrons. The molecule has 0 fully saturated rings. The van der Waals surface area contributed by atoms with Crippen LogP contribution < -0.4 is 10.2 Å². The first kappa shape index (κ1) is 16.1. The van der Waals surface area contributed by atoms with Crippen LogP contribution in [0.25, 0.3) is 11.1 Å². The van der Waals surface area contributed by atoms with Crippen molar-refractivity contribution in [3.05, 3.63) is 54.1 Å². The molecule has 24 heavy (non-hydrogen) atoms. The van der Waals surface area contributed by atoms with Crippen LogP contribution in [0.2, 0.25) is 0 Å². The lowest BCUT2D eigenvalue weighted by molar-refractivity contribution is -0.118. The average molecular weight is 341 g/mol. The number of nitrogens with one attached hydrogen (secondary N) is 1. The van der Waals surface area contributed by atoms with Crippen molar-refractivity contribution < 1.29 is 13.9 Å². The van der Waals surface area contributed by atoms with Gasteiger partial charge in [-0.05, 0) is 42.0 Å². The van der Waals surface area contributed by atoms with E-state index in [-0.39, 0.29) is 11.7 Å². The number of nitrogens with zero attached hydrogens (tertiary/aromatic N) is 2. The number of hydrazone groups is 1. The van der Waals surface area contributed by atoms with Crippen LogP contribution in [0.15, 0.2) is 63.3 Å². The zero-order chi connectivity index (χ0) is 16.8. The van der Waals surface area contributed by atoms with Crippen molar-refractivity contribution in [2.24, 2.45) is 5.10 Å². The SMILES string of the molecule is COc1ccc(C=NNC(=O)CSc2nc3ccccc3o2)cc1. The van der Waals surface area contributed by atoms with Crippen molar-refractivity contribution in [1.29, 1.82) is 0 Å². The van der Waals surface area contributed by atoms with Crippen LogP contribution in [0.3, 0.4) is 0 Å². The molecule has 0 aliphatic rings. The van der Waals surface area contributed by atoms with Gasteiger partial charge in [-0.1, -0.05) is 23.9 Å². The van der Waals surface area contributed by atoms with Crippen molar-refractivity contribution in [3.63, 3.8) is 0 Å². The molecule has 1 N–H and O–H groups in total. The Morgan fingerprint density at radius 3 is 2.83 bits per heavy atom. The second kappa shape index (κ2) is 7.65. The Morgan fingerprint density at radius 2 is 2.08 bits per heavy atom. The molecule has 0 aliphatic heterocycles. The fourth-order valence-corrected chi connectivity index (χ4v) is 2.57. The van der Waals surface area contributed by atoms with Gasteiger partial charge in [0.25, 0.3) is 11.1 Å².